The zero-order valence-corrected chi connectivity index (χ0v) is 52.8. The summed E-state index contributed by atoms with van der Waals surface area (Å²) in [5, 5.41) is 7.58. The van der Waals surface area contributed by atoms with Gasteiger partial charge in [-0.3, -0.25) is 0 Å². The maximum Gasteiger partial charge on any atom is 0.0547 e. The summed E-state index contributed by atoms with van der Waals surface area (Å²) in [4.78, 5) is 2.49. The van der Waals surface area contributed by atoms with E-state index in [1.807, 2.05) is 0 Å². The number of fused-ring (bicyclic) bond motifs is 15. The summed E-state index contributed by atoms with van der Waals surface area (Å²) in [6, 6.07) is 118. The van der Waals surface area contributed by atoms with Crippen molar-refractivity contribution < 1.29 is 0 Å². The van der Waals surface area contributed by atoms with Gasteiger partial charge in [0.25, 0.3) is 0 Å². The van der Waals surface area contributed by atoms with Crippen LogP contribution in [0.5, 0.6) is 0 Å². The summed E-state index contributed by atoms with van der Waals surface area (Å²) in [5.41, 5.74) is 31.2. The lowest BCUT2D eigenvalue weighted by Crippen LogP contribution is -2.18. The average molecular weight is 1200 g/mol. The topological polar surface area (TPSA) is 18.0 Å². The molecule has 0 saturated heterocycles. The molecule has 0 saturated carbocycles. The Labute approximate surface area is 546 Å². The maximum absolute atomic E-state index is 2.49. The fourth-order valence-corrected chi connectivity index (χ4v) is 16.4. The summed E-state index contributed by atoms with van der Waals surface area (Å²) >= 11 is 0. The molecule has 0 amide bonds. The van der Waals surface area contributed by atoms with E-state index in [9.17, 15) is 0 Å². The summed E-state index contributed by atoms with van der Waals surface area (Å²) in [7, 11) is 0. The second-order valence-corrected chi connectivity index (χ2v) is 26.9. The fourth-order valence-electron chi connectivity index (χ4n) is 16.4. The molecule has 0 unspecified atom stereocenters. The van der Waals surface area contributed by atoms with Crippen LogP contribution in [0.4, 0.5) is 17.1 Å². The number of rotatable bonds is 9. The number of para-hydroxylation sites is 6. The highest BCUT2D eigenvalue weighted by molar-refractivity contribution is 6.12. The van der Waals surface area contributed by atoms with Gasteiger partial charge in [-0.2, -0.15) is 0 Å². The third-order valence-corrected chi connectivity index (χ3v) is 21.0. The molecule has 3 aromatic heterocycles. The van der Waals surface area contributed by atoms with Crippen molar-refractivity contribution >= 4 is 82.5 Å². The van der Waals surface area contributed by atoms with Crippen LogP contribution in [0, 0.1) is 0 Å². The minimum Gasteiger partial charge on any atom is -0.310 e. The minimum absolute atomic E-state index is 0.287. The molecular weight excluding hydrogens is 1140 g/mol. The fraction of sp³-hybridized carbons (Fsp3) is 0.0667. The molecular formula is C90H64N4. The largest absolute Gasteiger partial charge is 0.310 e. The monoisotopic (exact) mass is 1200 g/mol. The zero-order chi connectivity index (χ0) is 62.6. The van der Waals surface area contributed by atoms with Crippen LogP contribution < -0.4 is 4.90 Å². The molecule has 14 aromatic carbocycles. The molecule has 0 fully saturated rings. The minimum atomic E-state index is -0.289. The van der Waals surface area contributed by atoms with Gasteiger partial charge in [0.05, 0.1) is 33.1 Å². The van der Waals surface area contributed by atoms with E-state index in [-0.39, 0.29) is 10.8 Å². The third kappa shape index (κ3) is 8.06. The van der Waals surface area contributed by atoms with Crippen molar-refractivity contribution in [2.24, 2.45) is 0 Å². The van der Waals surface area contributed by atoms with Crippen LogP contribution in [0.2, 0.25) is 0 Å². The van der Waals surface area contributed by atoms with Gasteiger partial charge in [0, 0.05) is 77.3 Å². The lowest BCUT2D eigenvalue weighted by Gasteiger charge is -2.30. The summed E-state index contributed by atoms with van der Waals surface area (Å²) in [5.74, 6) is 0. The van der Waals surface area contributed by atoms with E-state index in [0.29, 0.717) is 0 Å². The second kappa shape index (κ2) is 20.4. The standard InChI is InChI=1S/C90H64N4/c1-89(2)79-51-60(62-39-47-78-76-26-14-16-28-84(76)93(88(78)53-62)64-21-9-6-10-22-64)37-45-69(79)70-48-42-66(54-80(70)89)91(67-43-49-71-72-50-44-68(56-82(72)90(3,4)81(71)55-67)94-85-29-17-11-23-73(85)74-24-12-18-30-86(74)94)65-40-35-58(36-41-65)57-31-33-59(34-32-57)61-38-46-77-75-25-13-15-27-83(75)92(87(77)52-61)63-19-7-5-8-20-63/h5-56H,1-4H3. The van der Waals surface area contributed by atoms with Crippen LogP contribution >= 0.6 is 0 Å². The molecule has 4 nitrogen and oxygen atoms in total. The Hall–Kier alpha value is -11.7. The summed E-state index contributed by atoms with van der Waals surface area (Å²) < 4.78 is 7.26. The van der Waals surface area contributed by atoms with Gasteiger partial charge < -0.3 is 18.6 Å². The normalized spacial score (nSPS) is 13.5. The molecule has 0 radical (unpaired) electrons. The number of benzene rings is 14. The van der Waals surface area contributed by atoms with Gasteiger partial charge in [0.1, 0.15) is 0 Å². The first-order valence-corrected chi connectivity index (χ1v) is 32.9. The molecule has 444 valence electrons. The molecule has 0 spiro atoms. The molecule has 0 bridgehead atoms. The zero-order valence-electron chi connectivity index (χ0n) is 52.8. The summed E-state index contributed by atoms with van der Waals surface area (Å²) in [6.45, 7) is 9.65. The molecule has 0 atom stereocenters. The van der Waals surface area contributed by atoms with Crippen LogP contribution in [0.1, 0.15) is 49.9 Å². The Bertz CT molecular complexity index is 5900. The third-order valence-electron chi connectivity index (χ3n) is 21.0. The van der Waals surface area contributed by atoms with E-state index < -0.39 is 0 Å². The van der Waals surface area contributed by atoms with E-state index in [1.54, 1.807) is 0 Å². The van der Waals surface area contributed by atoms with E-state index >= 15 is 0 Å². The van der Waals surface area contributed by atoms with Crippen molar-refractivity contribution in [3.63, 3.8) is 0 Å². The van der Waals surface area contributed by atoms with Crippen LogP contribution in [0.25, 0.3) is 138 Å². The van der Waals surface area contributed by atoms with Crippen molar-refractivity contribution in [3.8, 4) is 72.7 Å². The Balaban J connectivity index is 0.697. The quantitative estimate of drug-likeness (QED) is 0.141. The Morgan fingerprint density at radius 3 is 0.968 bits per heavy atom. The van der Waals surface area contributed by atoms with Crippen LogP contribution in [0.15, 0.2) is 315 Å². The predicted molar refractivity (Wildman–Crippen MR) is 396 cm³/mol. The molecule has 2 aliphatic carbocycles. The van der Waals surface area contributed by atoms with E-state index in [2.05, 4.69) is 362 Å². The van der Waals surface area contributed by atoms with Crippen molar-refractivity contribution in [3.05, 3.63) is 338 Å². The first-order chi connectivity index (χ1) is 46.1. The highest BCUT2D eigenvalue weighted by atomic mass is 15.1. The average Bonchev–Trinajstić information content (AvgIpc) is 1.63. The van der Waals surface area contributed by atoms with E-state index in [4.69, 9.17) is 0 Å². The first kappa shape index (κ1) is 54.1. The molecule has 0 N–H and O–H groups in total. The lowest BCUT2D eigenvalue weighted by molar-refractivity contribution is 0.659. The van der Waals surface area contributed by atoms with Gasteiger partial charge in [-0.05, 0) is 193 Å². The molecule has 2 aliphatic rings. The molecule has 17 aromatic rings. The SMILES string of the molecule is CC1(C)c2cc(-c3ccc4c5ccccc5n(-c5ccccc5)c4c3)ccc2-c2ccc(N(c3ccc(-c4ccc(-c5ccc6c7ccccc7n(-c7ccccc7)c6c5)cc4)cc3)c3ccc4c(c3)C(C)(C)c3cc(-n5c6ccccc6c6ccccc65)ccc3-4)cc21. The van der Waals surface area contributed by atoms with Gasteiger partial charge in [-0.25, -0.2) is 0 Å². The van der Waals surface area contributed by atoms with Crippen molar-refractivity contribution in [1.29, 1.82) is 0 Å². The maximum atomic E-state index is 2.49. The molecule has 19 rings (SSSR count). The number of aromatic nitrogens is 3. The van der Waals surface area contributed by atoms with Crippen molar-refractivity contribution in [2.45, 2.75) is 38.5 Å². The Morgan fingerprint density at radius 2 is 0.511 bits per heavy atom. The Morgan fingerprint density at radius 1 is 0.213 bits per heavy atom. The van der Waals surface area contributed by atoms with E-state index in [1.165, 1.54) is 149 Å². The number of hydrogen-bond acceptors (Lipinski definition) is 1. The first-order valence-electron chi connectivity index (χ1n) is 32.9. The smallest absolute Gasteiger partial charge is 0.0547 e. The number of anilines is 3. The van der Waals surface area contributed by atoms with Crippen molar-refractivity contribution in [1.82, 2.24) is 13.7 Å². The molecule has 4 heteroatoms. The van der Waals surface area contributed by atoms with Crippen molar-refractivity contribution in [2.75, 3.05) is 4.90 Å². The lowest BCUT2D eigenvalue weighted by atomic mass is 9.81. The van der Waals surface area contributed by atoms with E-state index in [0.717, 1.165) is 28.4 Å². The van der Waals surface area contributed by atoms with Crippen LogP contribution in [0.3, 0.4) is 0 Å². The Kier molecular flexibility index (Phi) is 11.7. The van der Waals surface area contributed by atoms with Gasteiger partial charge in [0.15, 0.2) is 0 Å². The molecule has 0 aliphatic heterocycles. The predicted octanol–water partition coefficient (Wildman–Crippen LogP) is 24.1. The molecule has 94 heavy (non-hydrogen) atoms. The second-order valence-electron chi connectivity index (χ2n) is 26.9. The van der Waals surface area contributed by atoms with Crippen LogP contribution in [-0.2, 0) is 10.8 Å². The van der Waals surface area contributed by atoms with Gasteiger partial charge in [-0.15, -0.1) is 0 Å². The molecule has 3 heterocycles. The summed E-state index contributed by atoms with van der Waals surface area (Å²) in [6.07, 6.45) is 0. The highest BCUT2D eigenvalue weighted by Crippen LogP contribution is 2.55. The highest BCUT2D eigenvalue weighted by Gasteiger charge is 2.39. The number of hydrogen-bond donors (Lipinski definition) is 0. The van der Waals surface area contributed by atoms with Gasteiger partial charge in [0.2, 0.25) is 0 Å². The van der Waals surface area contributed by atoms with Crippen LogP contribution in [-0.4, -0.2) is 13.7 Å². The van der Waals surface area contributed by atoms with Gasteiger partial charge in [-0.1, -0.05) is 228 Å². The van der Waals surface area contributed by atoms with Gasteiger partial charge >= 0.3 is 0 Å². The number of nitrogens with zero attached hydrogens (tertiary/aromatic N) is 4.